The lowest BCUT2D eigenvalue weighted by Crippen LogP contribution is -2.46. The van der Waals surface area contributed by atoms with Crippen LogP contribution in [-0.4, -0.2) is 18.6 Å². The molecule has 2 fully saturated rings. The van der Waals surface area contributed by atoms with E-state index in [0.29, 0.717) is 6.04 Å². The van der Waals surface area contributed by atoms with Crippen molar-refractivity contribution in [3.8, 4) is 0 Å². The Kier molecular flexibility index (Phi) is 5.32. The predicted molar refractivity (Wildman–Crippen MR) is 89.4 cm³/mol. The smallest absolute Gasteiger partial charge is 0.0210 e. The average Bonchev–Trinajstić information content (AvgIpc) is 3.02. The first kappa shape index (κ1) is 15.1. The maximum atomic E-state index is 3.88. The maximum absolute atomic E-state index is 3.88. The van der Waals surface area contributed by atoms with Gasteiger partial charge in [-0.1, -0.05) is 44.0 Å². The highest BCUT2D eigenvalue weighted by atomic mass is 15.0. The monoisotopic (exact) mass is 286 g/mol. The van der Waals surface area contributed by atoms with Crippen LogP contribution in [0.2, 0.25) is 0 Å². The highest BCUT2D eigenvalue weighted by Gasteiger charge is 2.33. The third-order valence-electron chi connectivity index (χ3n) is 5.49. The number of benzene rings is 1. The standard InChI is InChI=1S/C19H30N2/c1-2-15-8-3-4-9-16(15)14-21-19-12-7-10-17(19)18-11-5-6-13-20-18/h3-4,8-9,17-21H,2,5-7,10-14H2,1H3. The van der Waals surface area contributed by atoms with Crippen molar-refractivity contribution in [1.82, 2.24) is 10.6 Å². The van der Waals surface area contributed by atoms with Gasteiger partial charge in [0.1, 0.15) is 0 Å². The van der Waals surface area contributed by atoms with E-state index in [2.05, 4.69) is 41.8 Å². The minimum atomic E-state index is 0.713. The van der Waals surface area contributed by atoms with Crippen LogP contribution in [0.25, 0.3) is 0 Å². The van der Waals surface area contributed by atoms with Gasteiger partial charge in [-0.3, -0.25) is 0 Å². The lowest BCUT2D eigenvalue weighted by atomic mass is 9.88. The summed E-state index contributed by atoms with van der Waals surface area (Å²) in [7, 11) is 0. The molecule has 0 spiro atoms. The summed E-state index contributed by atoms with van der Waals surface area (Å²) in [6.07, 6.45) is 9.47. The molecule has 2 N–H and O–H groups in total. The number of hydrogen-bond acceptors (Lipinski definition) is 2. The van der Waals surface area contributed by atoms with E-state index in [4.69, 9.17) is 0 Å². The van der Waals surface area contributed by atoms with Crippen molar-refractivity contribution in [2.45, 2.75) is 70.5 Å². The summed E-state index contributed by atoms with van der Waals surface area (Å²) in [5.74, 6) is 0.846. The summed E-state index contributed by atoms with van der Waals surface area (Å²) in [6.45, 7) is 4.52. The zero-order valence-corrected chi connectivity index (χ0v) is 13.4. The Bertz CT molecular complexity index is 437. The Morgan fingerprint density at radius 1 is 1.05 bits per heavy atom. The van der Waals surface area contributed by atoms with Gasteiger partial charge in [-0.2, -0.15) is 0 Å². The van der Waals surface area contributed by atoms with Crippen LogP contribution in [-0.2, 0) is 13.0 Å². The van der Waals surface area contributed by atoms with Crippen molar-refractivity contribution in [2.75, 3.05) is 6.54 Å². The summed E-state index contributed by atoms with van der Waals surface area (Å²) >= 11 is 0. The van der Waals surface area contributed by atoms with E-state index >= 15 is 0 Å². The first-order valence-electron chi connectivity index (χ1n) is 8.92. The van der Waals surface area contributed by atoms with E-state index in [1.807, 2.05) is 0 Å². The molecule has 116 valence electrons. The molecule has 0 aromatic heterocycles. The molecule has 1 aliphatic carbocycles. The van der Waals surface area contributed by atoms with E-state index in [0.717, 1.165) is 24.9 Å². The van der Waals surface area contributed by atoms with Gasteiger partial charge in [0.25, 0.3) is 0 Å². The average molecular weight is 286 g/mol. The SMILES string of the molecule is CCc1ccccc1CNC1CCCC1C1CCCCN1. The lowest BCUT2D eigenvalue weighted by Gasteiger charge is -2.33. The molecule has 0 radical (unpaired) electrons. The second-order valence-electron chi connectivity index (χ2n) is 6.76. The van der Waals surface area contributed by atoms with E-state index in [-0.39, 0.29) is 0 Å². The number of piperidine rings is 1. The molecule has 3 unspecified atom stereocenters. The Morgan fingerprint density at radius 2 is 1.90 bits per heavy atom. The number of hydrogen-bond donors (Lipinski definition) is 2. The minimum Gasteiger partial charge on any atom is -0.314 e. The van der Waals surface area contributed by atoms with Crippen molar-refractivity contribution >= 4 is 0 Å². The Morgan fingerprint density at radius 3 is 2.67 bits per heavy atom. The molecule has 2 nitrogen and oxygen atoms in total. The highest BCUT2D eigenvalue weighted by Crippen LogP contribution is 2.32. The molecular formula is C19H30N2. The van der Waals surface area contributed by atoms with Gasteiger partial charge in [0.05, 0.1) is 0 Å². The van der Waals surface area contributed by atoms with Gasteiger partial charge in [0.2, 0.25) is 0 Å². The van der Waals surface area contributed by atoms with Crippen LogP contribution in [0.3, 0.4) is 0 Å². The van der Waals surface area contributed by atoms with Gasteiger partial charge >= 0.3 is 0 Å². The number of nitrogens with one attached hydrogen (secondary N) is 2. The lowest BCUT2D eigenvalue weighted by molar-refractivity contribution is 0.256. The second kappa shape index (κ2) is 7.42. The predicted octanol–water partition coefficient (Wildman–Crippen LogP) is 3.65. The Balaban J connectivity index is 1.58. The molecular weight excluding hydrogens is 256 g/mol. The van der Waals surface area contributed by atoms with Crippen LogP contribution in [0.1, 0.15) is 56.6 Å². The zero-order valence-electron chi connectivity index (χ0n) is 13.4. The Labute approximate surface area is 129 Å². The van der Waals surface area contributed by atoms with Crippen LogP contribution < -0.4 is 10.6 Å². The van der Waals surface area contributed by atoms with Crippen LogP contribution in [0.4, 0.5) is 0 Å². The van der Waals surface area contributed by atoms with Crippen molar-refractivity contribution in [1.29, 1.82) is 0 Å². The topological polar surface area (TPSA) is 24.1 Å². The number of rotatable bonds is 5. The Hall–Kier alpha value is -0.860. The van der Waals surface area contributed by atoms with Crippen LogP contribution in [0, 0.1) is 5.92 Å². The van der Waals surface area contributed by atoms with Crippen LogP contribution in [0.5, 0.6) is 0 Å². The van der Waals surface area contributed by atoms with Gasteiger partial charge < -0.3 is 10.6 Å². The fourth-order valence-electron chi connectivity index (χ4n) is 4.28. The normalized spacial score (nSPS) is 29.7. The van der Waals surface area contributed by atoms with E-state index in [1.54, 1.807) is 0 Å². The van der Waals surface area contributed by atoms with Gasteiger partial charge in [0, 0.05) is 18.6 Å². The molecule has 1 aliphatic heterocycles. The molecule has 2 heteroatoms. The molecule has 3 rings (SSSR count). The molecule has 2 aliphatic rings. The third kappa shape index (κ3) is 3.67. The van der Waals surface area contributed by atoms with Crippen LogP contribution in [0.15, 0.2) is 24.3 Å². The highest BCUT2D eigenvalue weighted by molar-refractivity contribution is 5.26. The third-order valence-corrected chi connectivity index (χ3v) is 5.49. The molecule has 1 heterocycles. The molecule has 0 bridgehead atoms. The zero-order chi connectivity index (χ0) is 14.5. The first-order chi connectivity index (χ1) is 10.4. The van der Waals surface area contributed by atoms with Crippen molar-refractivity contribution in [2.24, 2.45) is 5.92 Å². The maximum Gasteiger partial charge on any atom is 0.0210 e. The molecule has 21 heavy (non-hydrogen) atoms. The van der Waals surface area contributed by atoms with Crippen molar-refractivity contribution in [3.05, 3.63) is 35.4 Å². The van der Waals surface area contributed by atoms with Gasteiger partial charge in [-0.25, -0.2) is 0 Å². The molecule has 1 aromatic rings. The van der Waals surface area contributed by atoms with Crippen molar-refractivity contribution < 1.29 is 0 Å². The van der Waals surface area contributed by atoms with Crippen LogP contribution >= 0.6 is 0 Å². The fraction of sp³-hybridized carbons (Fsp3) is 0.684. The molecule has 1 saturated heterocycles. The van der Waals surface area contributed by atoms with Gasteiger partial charge in [-0.15, -0.1) is 0 Å². The molecule has 3 atom stereocenters. The van der Waals surface area contributed by atoms with Gasteiger partial charge in [-0.05, 0) is 55.7 Å². The summed E-state index contributed by atoms with van der Waals surface area (Å²) in [5, 5.41) is 7.65. The summed E-state index contributed by atoms with van der Waals surface area (Å²) < 4.78 is 0. The summed E-state index contributed by atoms with van der Waals surface area (Å²) in [5.41, 5.74) is 2.98. The summed E-state index contributed by atoms with van der Waals surface area (Å²) in [6, 6.07) is 10.4. The number of aryl methyl sites for hydroxylation is 1. The molecule has 1 aromatic carbocycles. The molecule has 0 amide bonds. The minimum absolute atomic E-state index is 0.713. The van der Waals surface area contributed by atoms with E-state index in [1.165, 1.54) is 56.2 Å². The largest absolute Gasteiger partial charge is 0.314 e. The molecule has 1 saturated carbocycles. The van der Waals surface area contributed by atoms with E-state index in [9.17, 15) is 0 Å². The van der Waals surface area contributed by atoms with Crippen molar-refractivity contribution in [3.63, 3.8) is 0 Å². The van der Waals surface area contributed by atoms with E-state index < -0.39 is 0 Å². The quantitative estimate of drug-likeness (QED) is 0.863. The van der Waals surface area contributed by atoms with Gasteiger partial charge in [0.15, 0.2) is 0 Å². The second-order valence-corrected chi connectivity index (χ2v) is 6.76. The first-order valence-corrected chi connectivity index (χ1v) is 8.92. The fourth-order valence-corrected chi connectivity index (χ4v) is 4.28. The summed E-state index contributed by atoms with van der Waals surface area (Å²) in [4.78, 5) is 0.